The van der Waals surface area contributed by atoms with E-state index in [-0.39, 0.29) is 23.7 Å². The molecule has 0 aliphatic heterocycles. The summed E-state index contributed by atoms with van der Waals surface area (Å²) < 4.78 is 10.8. The molecule has 8 nitrogen and oxygen atoms in total. The van der Waals surface area contributed by atoms with E-state index >= 15 is 0 Å². The first kappa shape index (κ1) is 19.4. The first-order valence-corrected chi connectivity index (χ1v) is 8.63. The number of hydrogen-bond donors (Lipinski definition) is 1. The van der Waals surface area contributed by atoms with Gasteiger partial charge < -0.3 is 14.6 Å². The smallest absolute Gasteiger partial charge is 0.293 e. The number of halogens is 1. The molecule has 2 aromatic carbocycles. The molecule has 1 amide bonds. The molecule has 0 fully saturated rings. The van der Waals surface area contributed by atoms with Gasteiger partial charge in [-0.25, -0.2) is 0 Å². The zero-order chi connectivity index (χ0) is 20.3. The van der Waals surface area contributed by atoms with E-state index in [4.69, 9.17) is 20.9 Å². The van der Waals surface area contributed by atoms with Crippen LogP contribution >= 0.6 is 11.6 Å². The number of nitrogens with zero attached hydrogens (tertiary/aromatic N) is 2. The molecule has 28 heavy (non-hydrogen) atoms. The van der Waals surface area contributed by atoms with Crippen LogP contribution in [0.2, 0.25) is 5.02 Å². The number of nitro benzene ring substituents is 1. The van der Waals surface area contributed by atoms with Crippen LogP contribution in [0.4, 0.5) is 11.4 Å². The quantitative estimate of drug-likeness (QED) is 0.474. The molecule has 1 heterocycles. The fourth-order valence-electron chi connectivity index (χ4n) is 2.53. The third-order valence-corrected chi connectivity index (χ3v) is 4.32. The van der Waals surface area contributed by atoms with Crippen LogP contribution in [-0.2, 0) is 6.61 Å². The maximum atomic E-state index is 12.6. The number of aryl methyl sites for hydroxylation is 2. The van der Waals surface area contributed by atoms with E-state index in [1.54, 1.807) is 44.2 Å². The second-order valence-corrected chi connectivity index (χ2v) is 6.42. The van der Waals surface area contributed by atoms with Gasteiger partial charge in [-0.15, -0.1) is 0 Å². The first-order valence-electron chi connectivity index (χ1n) is 8.25. The van der Waals surface area contributed by atoms with E-state index in [2.05, 4.69) is 10.5 Å². The Bertz CT molecular complexity index is 1050. The number of hydrogen-bond acceptors (Lipinski definition) is 6. The van der Waals surface area contributed by atoms with Crippen molar-refractivity contribution in [3.63, 3.8) is 0 Å². The van der Waals surface area contributed by atoms with Crippen molar-refractivity contribution >= 4 is 28.9 Å². The Morgan fingerprint density at radius 2 is 2.04 bits per heavy atom. The molecule has 0 saturated carbocycles. The lowest BCUT2D eigenvalue weighted by Gasteiger charge is -2.09. The summed E-state index contributed by atoms with van der Waals surface area (Å²) in [5.74, 6) is 0.211. The maximum Gasteiger partial charge on any atom is 0.293 e. The Balaban J connectivity index is 1.82. The summed E-state index contributed by atoms with van der Waals surface area (Å²) in [7, 11) is 0. The lowest BCUT2D eigenvalue weighted by Crippen LogP contribution is -2.16. The Hall–Kier alpha value is -3.39. The van der Waals surface area contributed by atoms with Crippen molar-refractivity contribution in [2.75, 3.05) is 5.32 Å². The molecule has 0 aliphatic rings. The third kappa shape index (κ3) is 4.12. The van der Waals surface area contributed by atoms with Gasteiger partial charge in [-0.05, 0) is 37.6 Å². The highest BCUT2D eigenvalue weighted by Gasteiger charge is 2.23. The average Bonchev–Trinajstić information content (AvgIpc) is 3.03. The molecule has 3 rings (SSSR count). The van der Waals surface area contributed by atoms with Crippen molar-refractivity contribution in [3.05, 3.63) is 80.2 Å². The van der Waals surface area contributed by atoms with Crippen molar-refractivity contribution in [2.24, 2.45) is 0 Å². The van der Waals surface area contributed by atoms with Gasteiger partial charge in [0, 0.05) is 6.07 Å². The zero-order valence-electron chi connectivity index (χ0n) is 15.1. The summed E-state index contributed by atoms with van der Waals surface area (Å²) >= 11 is 6.07. The van der Waals surface area contributed by atoms with Crippen molar-refractivity contribution in [1.82, 2.24) is 5.16 Å². The minimum Gasteiger partial charge on any atom is -0.487 e. The highest BCUT2D eigenvalue weighted by Crippen LogP contribution is 2.28. The Labute approximate surface area is 165 Å². The SMILES string of the molecule is Cc1ccc(NC(=O)c2noc(C)c2COc2ccccc2Cl)c([N+](=O)[O-])c1. The molecule has 0 radical (unpaired) electrons. The molecule has 144 valence electrons. The van der Waals surface area contributed by atoms with E-state index in [0.717, 1.165) is 0 Å². The number of carbonyl (C=O) groups is 1. The fraction of sp³-hybridized carbons (Fsp3) is 0.158. The fourth-order valence-corrected chi connectivity index (χ4v) is 2.72. The Kier molecular flexibility index (Phi) is 5.60. The molecule has 0 unspecified atom stereocenters. The monoisotopic (exact) mass is 401 g/mol. The first-order chi connectivity index (χ1) is 13.4. The number of aromatic nitrogens is 1. The predicted molar refractivity (Wildman–Crippen MR) is 103 cm³/mol. The molecular weight excluding hydrogens is 386 g/mol. The minimum absolute atomic E-state index is 0.00217. The van der Waals surface area contributed by atoms with E-state index in [1.165, 1.54) is 12.1 Å². The molecule has 9 heteroatoms. The second-order valence-electron chi connectivity index (χ2n) is 6.02. The summed E-state index contributed by atoms with van der Waals surface area (Å²) in [5, 5.41) is 18.0. The number of ether oxygens (including phenoxy) is 1. The zero-order valence-corrected chi connectivity index (χ0v) is 15.8. The van der Waals surface area contributed by atoms with E-state index in [0.29, 0.717) is 27.7 Å². The van der Waals surface area contributed by atoms with E-state index < -0.39 is 10.8 Å². The van der Waals surface area contributed by atoms with Gasteiger partial charge in [0.2, 0.25) is 0 Å². The molecule has 3 aromatic rings. The average molecular weight is 402 g/mol. The van der Waals surface area contributed by atoms with Gasteiger partial charge in [0.05, 0.1) is 15.5 Å². The van der Waals surface area contributed by atoms with E-state index in [9.17, 15) is 14.9 Å². The summed E-state index contributed by atoms with van der Waals surface area (Å²) in [6.45, 7) is 3.37. The highest BCUT2D eigenvalue weighted by atomic mass is 35.5. The van der Waals surface area contributed by atoms with Crippen LogP contribution in [0.25, 0.3) is 0 Å². The molecule has 1 N–H and O–H groups in total. The summed E-state index contributed by atoms with van der Waals surface area (Å²) in [6.07, 6.45) is 0. The van der Waals surface area contributed by atoms with E-state index in [1.807, 2.05) is 0 Å². The van der Waals surface area contributed by atoms with Gasteiger partial charge in [-0.1, -0.05) is 35.0 Å². The Morgan fingerprint density at radius 3 is 2.75 bits per heavy atom. The summed E-state index contributed by atoms with van der Waals surface area (Å²) in [5.41, 5.74) is 0.976. The van der Waals surface area contributed by atoms with Gasteiger partial charge in [0.1, 0.15) is 23.8 Å². The molecule has 1 aromatic heterocycles. The van der Waals surface area contributed by atoms with Crippen LogP contribution in [0.15, 0.2) is 47.0 Å². The van der Waals surface area contributed by atoms with Crippen LogP contribution in [0.1, 0.15) is 27.4 Å². The van der Waals surface area contributed by atoms with Crippen molar-refractivity contribution in [3.8, 4) is 5.75 Å². The molecule has 0 aliphatic carbocycles. The van der Waals surface area contributed by atoms with Crippen molar-refractivity contribution in [1.29, 1.82) is 0 Å². The van der Waals surface area contributed by atoms with Crippen LogP contribution in [0, 0.1) is 24.0 Å². The normalized spacial score (nSPS) is 10.5. The topological polar surface area (TPSA) is 108 Å². The summed E-state index contributed by atoms with van der Waals surface area (Å²) in [6, 6.07) is 11.4. The number of nitrogens with one attached hydrogen (secondary N) is 1. The maximum absolute atomic E-state index is 12.6. The molecule has 0 saturated heterocycles. The Morgan fingerprint density at radius 1 is 1.29 bits per heavy atom. The van der Waals surface area contributed by atoms with Gasteiger partial charge >= 0.3 is 0 Å². The number of nitro groups is 1. The van der Waals surface area contributed by atoms with Crippen LogP contribution < -0.4 is 10.1 Å². The predicted octanol–water partition coefficient (Wildman–Crippen LogP) is 4.68. The van der Waals surface area contributed by atoms with Crippen molar-refractivity contribution in [2.45, 2.75) is 20.5 Å². The highest BCUT2D eigenvalue weighted by molar-refractivity contribution is 6.32. The molecular formula is C19H16ClN3O5. The van der Waals surface area contributed by atoms with Gasteiger partial charge in [-0.3, -0.25) is 14.9 Å². The van der Waals surface area contributed by atoms with Gasteiger partial charge in [0.25, 0.3) is 11.6 Å². The van der Waals surface area contributed by atoms with Gasteiger partial charge in [0.15, 0.2) is 5.69 Å². The lowest BCUT2D eigenvalue weighted by molar-refractivity contribution is -0.384. The third-order valence-electron chi connectivity index (χ3n) is 4.01. The standard InChI is InChI=1S/C19H16ClN3O5/c1-11-7-8-15(16(9-11)23(25)26)21-19(24)18-13(12(2)28-22-18)10-27-17-6-4-3-5-14(17)20/h3-9H,10H2,1-2H3,(H,21,24). The van der Waals surface area contributed by atoms with Crippen LogP contribution in [-0.4, -0.2) is 16.0 Å². The number of para-hydroxylation sites is 1. The number of benzene rings is 2. The summed E-state index contributed by atoms with van der Waals surface area (Å²) in [4.78, 5) is 23.3. The largest absolute Gasteiger partial charge is 0.487 e. The van der Waals surface area contributed by atoms with Crippen LogP contribution in [0.3, 0.4) is 0 Å². The number of carbonyl (C=O) groups excluding carboxylic acids is 1. The lowest BCUT2D eigenvalue weighted by atomic mass is 10.1. The number of amides is 1. The number of anilines is 1. The molecule has 0 spiro atoms. The second kappa shape index (κ2) is 8.10. The minimum atomic E-state index is -0.637. The number of rotatable bonds is 6. The van der Waals surface area contributed by atoms with Crippen molar-refractivity contribution < 1.29 is 19.0 Å². The molecule has 0 atom stereocenters. The van der Waals surface area contributed by atoms with Gasteiger partial charge in [-0.2, -0.15) is 0 Å². The molecule has 0 bridgehead atoms. The van der Waals surface area contributed by atoms with Crippen LogP contribution in [0.5, 0.6) is 5.75 Å².